The molecule has 0 radical (unpaired) electrons. The zero-order valence-electron chi connectivity index (χ0n) is 39.0. The van der Waals surface area contributed by atoms with Crippen molar-refractivity contribution in [2.75, 3.05) is 33.0 Å². The Morgan fingerprint density at radius 3 is 1.58 bits per heavy atom. The van der Waals surface area contributed by atoms with Gasteiger partial charge in [0.05, 0.1) is 26.4 Å². The Morgan fingerprint density at radius 1 is 0.531 bits per heavy atom. The molecule has 11 atom stereocenters. The lowest BCUT2D eigenvalue weighted by atomic mass is 9.98. The SMILES string of the molecule is CC/C=C\C/C=C\C/C=C\C/C=C\C/C=C\CCCCCCCCCCCCOCC(COC1OC(COC2OC(CO)C(O)C(O)C2O)C(O)C(O)C1O)OC(=O)CCCCCC. The molecule has 0 bridgehead atoms. The van der Waals surface area contributed by atoms with Gasteiger partial charge in [0.15, 0.2) is 12.6 Å². The van der Waals surface area contributed by atoms with Crippen LogP contribution in [0.5, 0.6) is 0 Å². The third-order valence-electron chi connectivity index (χ3n) is 11.3. The second kappa shape index (κ2) is 37.7. The van der Waals surface area contributed by atoms with Crippen molar-refractivity contribution in [2.24, 2.45) is 0 Å². The number of carbonyl (C=O) groups excluding carboxylic acids is 1. The van der Waals surface area contributed by atoms with E-state index < -0.39 is 86.7 Å². The van der Waals surface area contributed by atoms with Crippen molar-refractivity contribution in [1.82, 2.24) is 0 Å². The molecule has 2 fully saturated rings. The van der Waals surface area contributed by atoms with Crippen molar-refractivity contribution in [3.8, 4) is 0 Å². The average molecular weight is 911 g/mol. The van der Waals surface area contributed by atoms with Gasteiger partial charge in [0, 0.05) is 13.0 Å². The fourth-order valence-electron chi connectivity index (χ4n) is 7.31. The number of aliphatic hydroxyl groups is 7. The maximum Gasteiger partial charge on any atom is 0.306 e. The molecule has 0 aromatic rings. The Morgan fingerprint density at radius 2 is 1.02 bits per heavy atom. The van der Waals surface area contributed by atoms with Gasteiger partial charge in [0.2, 0.25) is 0 Å². The average Bonchev–Trinajstić information content (AvgIpc) is 3.29. The molecule has 2 heterocycles. The van der Waals surface area contributed by atoms with Gasteiger partial charge in [-0.2, -0.15) is 0 Å². The lowest BCUT2D eigenvalue weighted by molar-refractivity contribution is -0.332. The summed E-state index contributed by atoms with van der Waals surface area (Å²) in [4.78, 5) is 12.7. The van der Waals surface area contributed by atoms with Gasteiger partial charge < -0.3 is 64.2 Å². The minimum atomic E-state index is -1.70. The molecule has 2 saturated heterocycles. The molecule has 0 amide bonds. The first-order chi connectivity index (χ1) is 31.1. The van der Waals surface area contributed by atoms with Gasteiger partial charge in [0.1, 0.15) is 54.9 Å². The first-order valence-electron chi connectivity index (χ1n) is 24.4. The predicted octanol–water partition coefficient (Wildman–Crippen LogP) is 6.57. The number of unbranched alkanes of at least 4 members (excludes halogenated alkanes) is 13. The molecule has 64 heavy (non-hydrogen) atoms. The normalized spacial score (nSPS) is 27.3. The number of hydrogen-bond donors (Lipinski definition) is 7. The Hall–Kier alpha value is -2.31. The van der Waals surface area contributed by atoms with E-state index in [9.17, 15) is 40.5 Å². The number of allylic oxidation sites excluding steroid dienone is 10. The number of ether oxygens (including phenoxy) is 6. The molecule has 2 aliphatic heterocycles. The summed E-state index contributed by atoms with van der Waals surface area (Å²) >= 11 is 0. The zero-order chi connectivity index (χ0) is 46.6. The van der Waals surface area contributed by atoms with Crippen LogP contribution >= 0.6 is 0 Å². The van der Waals surface area contributed by atoms with Crippen LogP contribution in [-0.4, -0.2) is 142 Å². The van der Waals surface area contributed by atoms with E-state index in [-0.39, 0.29) is 19.6 Å². The van der Waals surface area contributed by atoms with E-state index in [4.69, 9.17) is 28.4 Å². The molecule has 0 spiro atoms. The van der Waals surface area contributed by atoms with Crippen molar-refractivity contribution >= 4 is 5.97 Å². The predicted molar refractivity (Wildman–Crippen MR) is 247 cm³/mol. The summed E-state index contributed by atoms with van der Waals surface area (Å²) in [5.41, 5.74) is 0. The fraction of sp³-hybridized carbons (Fsp3) is 0.780. The van der Waals surface area contributed by atoms with Gasteiger partial charge in [0.25, 0.3) is 0 Å². The second-order valence-corrected chi connectivity index (χ2v) is 16.9. The Kier molecular flexibility index (Phi) is 34.1. The number of esters is 1. The van der Waals surface area contributed by atoms with Crippen LogP contribution in [0, 0.1) is 0 Å². The minimum absolute atomic E-state index is 0.0550. The Bertz CT molecular complexity index is 1290. The van der Waals surface area contributed by atoms with Crippen LogP contribution in [0.15, 0.2) is 60.8 Å². The van der Waals surface area contributed by atoms with E-state index >= 15 is 0 Å². The maximum atomic E-state index is 12.7. The van der Waals surface area contributed by atoms with Crippen molar-refractivity contribution in [3.63, 3.8) is 0 Å². The van der Waals surface area contributed by atoms with Crippen LogP contribution in [0.3, 0.4) is 0 Å². The monoisotopic (exact) mass is 911 g/mol. The molecule has 0 saturated carbocycles. The van der Waals surface area contributed by atoms with Crippen molar-refractivity contribution in [3.05, 3.63) is 60.8 Å². The highest BCUT2D eigenvalue weighted by molar-refractivity contribution is 5.69. The van der Waals surface area contributed by atoms with Gasteiger partial charge >= 0.3 is 5.97 Å². The fourth-order valence-corrected chi connectivity index (χ4v) is 7.31. The summed E-state index contributed by atoms with van der Waals surface area (Å²) < 4.78 is 33.9. The molecular weight excluding hydrogens is 825 g/mol. The van der Waals surface area contributed by atoms with Gasteiger partial charge in [-0.25, -0.2) is 0 Å². The van der Waals surface area contributed by atoms with Crippen molar-refractivity contribution < 1.29 is 69.0 Å². The summed E-state index contributed by atoms with van der Waals surface area (Å²) in [6.07, 6.45) is 28.0. The van der Waals surface area contributed by atoms with E-state index in [1.54, 1.807) is 0 Å². The van der Waals surface area contributed by atoms with Gasteiger partial charge in [-0.3, -0.25) is 4.79 Å². The van der Waals surface area contributed by atoms with Crippen LogP contribution in [0.1, 0.15) is 149 Å². The minimum Gasteiger partial charge on any atom is -0.457 e. The topological polar surface area (TPSA) is 214 Å². The van der Waals surface area contributed by atoms with E-state index in [2.05, 4.69) is 74.6 Å². The maximum absolute atomic E-state index is 12.7. The van der Waals surface area contributed by atoms with Crippen LogP contribution in [0.4, 0.5) is 0 Å². The quantitative estimate of drug-likeness (QED) is 0.0200. The molecule has 0 aromatic carbocycles. The lowest BCUT2D eigenvalue weighted by Crippen LogP contribution is -2.61. The number of hydrogen-bond acceptors (Lipinski definition) is 14. The van der Waals surface area contributed by atoms with Gasteiger partial charge in [-0.05, 0) is 57.8 Å². The third-order valence-corrected chi connectivity index (χ3v) is 11.3. The van der Waals surface area contributed by atoms with E-state index in [0.717, 1.165) is 77.0 Å². The summed E-state index contributed by atoms with van der Waals surface area (Å²) in [7, 11) is 0. The second-order valence-electron chi connectivity index (χ2n) is 16.9. The molecule has 7 N–H and O–H groups in total. The van der Waals surface area contributed by atoms with Crippen molar-refractivity contribution in [1.29, 1.82) is 0 Å². The zero-order valence-corrected chi connectivity index (χ0v) is 39.0. The lowest BCUT2D eigenvalue weighted by Gasteiger charge is -2.42. The molecule has 370 valence electrons. The van der Waals surface area contributed by atoms with Crippen LogP contribution in [-0.2, 0) is 33.2 Å². The summed E-state index contributed by atoms with van der Waals surface area (Å²) in [6.45, 7) is 3.41. The molecule has 14 heteroatoms. The first kappa shape index (κ1) is 57.8. The van der Waals surface area contributed by atoms with Crippen LogP contribution in [0.25, 0.3) is 0 Å². The largest absolute Gasteiger partial charge is 0.457 e. The highest BCUT2D eigenvalue weighted by atomic mass is 16.7. The smallest absolute Gasteiger partial charge is 0.306 e. The summed E-state index contributed by atoms with van der Waals surface area (Å²) in [5.74, 6) is -0.398. The number of aliphatic hydroxyl groups excluding tert-OH is 7. The van der Waals surface area contributed by atoms with E-state index in [1.165, 1.54) is 44.9 Å². The van der Waals surface area contributed by atoms with Gasteiger partial charge in [-0.15, -0.1) is 0 Å². The molecule has 11 unspecified atom stereocenters. The summed E-state index contributed by atoms with van der Waals surface area (Å²) in [5, 5.41) is 71.7. The highest BCUT2D eigenvalue weighted by Crippen LogP contribution is 2.26. The van der Waals surface area contributed by atoms with Crippen LogP contribution in [0.2, 0.25) is 0 Å². The number of carbonyl (C=O) groups is 1. The Balaban J connectivity index is 1.61. The molecule has 0 aromatic heterocycles. The molecular formula is C50H86O14. The molecule has 2 aliphatic rings. The Labute approximate surface area is 384 Å². The standard InChI is InChI=1S/C50H86O14/c1-3-5-7-9-10-11-12-13-14-15-16-17-18-19-20-21-22-23-24-25-26-27-28-29-30-32-34-59-36-39(62-42(52)33-31-8-6-4-2)37-60-49-48(58)46(56)44(54)41(64-49)38-61-50-47(57)45(55)43(53)40(35-51)63-50/h5,7,10-11,13-14,16-17,19-20,39-41,43-51,53-58H,3-4,6,8-9,12,15,18,21-38H2,1-2H3/b7-5-,11-10-,14-13-,17-16-,20-19-. The molecule has 14 nitrogen and oxygen atoms in total. The molecule has 0 aliphatic carbocycles. The third kappa shape index (κ3) is 25.6. The summed E-state index contributed by atoms with van der Waals surface area (Å²) in [6, 6.07) is 0. The highest BCUT2D eigenvalue weighted by Gasteiger charge is 2.47. The first-order valence-corrected chi connectivity index (χ1v) is 24.4. The van der Waals surface area contributed by atoms with E-state index in [1.807, 2.05) is 0 Å². The molecule has 2 rings (SSSR count). The number of rotatable bonds is 37. The van der Waals surface area contributed by atoms with Gasteiger partial charge in [-0.1, -0.05) is 145 Å². The van der Waals surface area contributed by atoms with E-state index in [0.29, 0.717) is 13.0 Å². The van der Waals surface area contributed by atoms with Crippen molar-refractivity contribution in [2.45, 2.75) is 216 Å². The van der Waals surface area contributed by atoms with Crippen LogP contribution < -0.4 is 0 Å².